The van der Waals surface area contributed by atoms with Crippen molar-refractivity contribution in [3.8, 4) is 0 Å². The van der Waals surface area contributed by atoms with Gasteiger partial charge in [-0.25, -0.2) is 0 Å². The van der Waals surface area contributed by atoms with Crippen molar-refractivity contribution in [2.75, 3.05) is 0 Å². The van der Waals surface area contributed by atoms with Crippen molar-refractivity contribution < 1.29 is 15.3 Å². The summed E-state index contributed by atoms with van der Waals surface area (Å²) in [6, 6.07) is 0. The molecule has 4 rings (SSSR count). The quantitative estimate of drug-likeness (QED) is 0.551. The van der Waals surface area contributed by atoms with Gasteiger partial charge in [-0.15, -0.1) is 0 Å². The molecule has 0 aromatic rings. The summed E-state index contributed by atoms with van der Waals surface area (Å²) in [6.45, 7) is 8.88. The first-order chi connectivity index (χ1) is 14.3. The molecule has 4 fully saturated rings. The number of hydrogen-bond donors (Lipinski definition) is 3. The Morgan fingerprint density at radius 1 is 1.10 bits per heavy atom. The Morgan fingerprint density at radius 3 is 2.60 bits per heavy atom. The number of aliphatic hydroxyl groups is 3. The van der Waals surface area contributed by atoms with Crippen molar-refractivity contribution in [2.45, 2.75) is 89.9 Å². The van der Waals surface area contributed by atoms with Crippen LogP contribution in [0.2, 0.25) is 0 Å². The van der Waals surface area contributed by atoms with Crippen LogP contribution in [0.4, 0.5) is 0 Å². The lowest BCUT2D eigenvalue weighted by molar-refractivity contribution is 0.0862. The van der Waals surface area contributed by atoms with Crippen LogP contribution < -0.4 is 0 Å². The zero-order chi connectivity index (χ0) is 21.5. The highest BCUT2D eigenvalue weighted by Crippen LogP contribution is 2.59. The van der Waals surface area contributed by atoms with Gasteiger partial charge in [0.05, 0.1) is 18.3 Å². The average molecular weight is 413 g/mol. The molecule has 0 unspecified atom stereocenters. The number of rotatable bonds is 5. The maximum absolute atomic E-state index is 10.2. The number of aliphatic hydroxyl groups excluding tert-OH is 3. The first kappa shape index (κ1) is 22.0. The van der Waals surface area contributed by atoms with Gasteiger partial charge in [0.1, 0.15) is 0 Å². The predicted molar refractivity (Wildman–Crippen MR) is 122 cm³/mol. The minimum Gasteiger partial charge on any atom is -0.393 e. The Labute approximate surface area is 182 Å². The fourth-order valence-electron chi connectivity index (χ4n) is 6.63. The summed E-state index contributed by atoms with van der Waals surface area (Å²) in [4.78, 5) is 0. The minimum absolute atomic E-state index is 0.250. The number of hydrogen-bond acceptors (Lipinski definition) is 3. The van der Waals surface area contributed by atoms with Gasteiger partial charge in [-0.1, -0.05) is 50.3 Å². The van der Waals surface area contributed by atoms with Crippen LogP contribution in [0.5, 0.6) is 0 Å². The van der Waals surface area contributed by atoms with Crippen molar-refractivity contribution in [3.63, 3.8) is 0 Å². The lowest BCUT2D eigenvalue weighted by Crippen LogP contribution is -2.35. The van der Waals surface area contributed by atoms with E-state index >= 15 is 0 Å². The van der Waals surface area contributed by atoms with E-state index in [1.54, 1.807) is 0 Å². The van der Waals surface area contributed by atoms with E-state index in [1.165, 1.54) is 44.1 Å². The highest BCUT2D eigenvalue weighted by atomic mass is 16.3. The van der Waals surface area contributed by atoms with E-state index in [0.717, 1.165) is 17.6 Å². The summed E-state index contributed by atoms with van der Waals surface area (Å²) in [7, 11) is 0. The van der Waals surface area contributed by atoms with Crippen LogP contribution in [-0.2, 0) is 0 Å². The van der Waals surface area contributed by atoms with E-state index in [0.29, 0.717) is 41.9 Å². The molecule has 30 heavy (non-hydrogen) atoms. The topological polar surface area (TPSA) is 60.7 Å². The Balaban J connectivity index is 1.48. The van der Waals surface area contributed by atoms with Crippen molar-refractivity contribution in [2.24, 2.45) is 29.1 Å². The molecule has 0 aromatic carbocycles. The van der Waals surface area contributed by atoms with Gasteiger partial charge in [-0.3, -0.25) is 0 Å². The highest BCUT2D eigenvalue weighted by molar-refractivity contribution is 5.38. The smallest absolute Gasteiger partial charge is 0.0811 e. The maximum atomic E-state index is 10.2. The van der Waals surface area contributed by atoms with Crippen molar-refractivity contribution in [1.82, 2.24) is 0 Å². The van der Waals surface area contributed by atoms with Crippen LogP contribution in [0.1, 0.15) is 71.6 Å². The van der Waals surface area contributed by atoms with Gasteiger partial charge in [0.2, 0.25) is 0 Å². The molecule has 4 aliphatic carbocycles. The molecule has 7 atom stereocenters. The second-order valence-electron chi connectivity index (χ2n) is 10.7. The molecule has 4 aliphatic rings. The van der Waals surface area contributed by atoms with Gasteiger partial charge in [-0.2, -0.15) is 0 Å². The first-order valence-electron chi connectivity index (χ1n) is 12.1. The van der Waals surface area contributed by atoms with Crippen LogP contribution in [0.3, 0.4) is 0 Å². The van der Waals surface area contributed by atoms with Crippen molar-refractivity contribution in [3.05, 3.63) is 47.6 Å². The molecule has 3 N–H and O–H groups in total. The molecule has 0 spiro atoms. The fourth-order valence-corrected chi connectivity index (χ4v) is 6.63. The standard InChI is InChI=1S/C27H40O3/c1-17(6-13-25(29)20-8-9-20)23-11-12-24-19(5-4-14-27(23,24)3)7-10-21-15-22(28)16-26(30)18(21)2/h6-7,10,13,17,20,22-26,28-30H,2,4-5,8-9,11-12,14-16H2,1,3H3/b13-6+,19-7+,21-10+/t17-,22-,23+,24+,25-,26-,27+/m0/s1. The monoisotopic (exact) mass is 412 g/mol. The lowest BCUT2D eigenvalue weighted by Gasteiger charge is -2.44. The van der Waals surface area contributed by atoms with E-state index in [-0.39, 0.29) is 6.10 Å². The van der Waals surface area contributed by atoms with Gasteiger partial charge in [0, 0.05) is 6.42 Å². The zero-order valence-corrected chi connectivity index (χ0v) is 18.8. The third-order valence-electron chi connectivity index (χ3n) is 8.65. The Hall–Kier alpha value is -1.16. The maximum Gasteiger partial charge on any atom is 0.0811 e. The van der Waals surface area contributed by atoms with Gasteiger partial charge < -0.3 is 15.3 Å². The number of fused-ring (bicyclic) bond motifs is 1. The van der Waals surface area contributed by atoms with Crippen LogP contribution >= 0.6 is 0 Å². The van der Waals surface area contributed by atoms with Crippen molar-refractivity contribution in [1.29, 1.82) is 0 Å². The predicted octanol–water partition coefficient (Wildman–Crippen LogP) is 5.09. The van der Waals surface area contributed by atoms with Gasteiger partial charge >= 0.3 is 0 Å². The summed E-state index contributed by atoms with van der Waals surface area (Å²) in [5.41, 5.74) is 3.63. The van der Waals surface area contributed by atoms with Crippen LogP contribution in [-0.4, -0.2) is 33.6 Å². The molecule has 4 saturated carbocycles. The first-order valence-corrected chi connectivity index (χ1v) is 12.1. The minimum atomic E-state index is -0.621. The molecule has 3 heteroatoms. The Bertz CT molecular complexity index is 743. The summed E-state index contributed by atoms with van der Waals surface area (Å²) in [5, 5.41) is 30.4. The molecule has 0 aliphatic heterocycles. The van der Waals surface area contributed by atoms with E-state index in [2.05, 4.69) is 44.7 Å². The summed E-state index contributed by atoms with van der Waals surface area (Å²) < 4.78 is 0. The molecule has 0 bridgehead atoms. The second-order valence-corrected chi connectivity index (χ2v) is 10.7. The van der Waals surface area contributed by atoms with Crippen LogP contribution in [0.15, 0.2) is 47.6 Å². The average Bonchev–Trinajstić information content (AvgIpc) is 3.49. The van der Waals surface area contributed by atoms with E-state index in [1.807, 2.05) is 0 Å². The summed E-state index contributed by atoms with van der Waals surface area (Å²) in [6.07, 6.45) is 16.9. The normalized spacial score (nSPS) is 42.1. The van der Waals surface area contributed by atoms with Crippen LogP contribution in [0.25, 0.3) is 0 Å². The molecular weight excluding hydrogens is 372 g/mol. The highest BCUT2D eigenvalue weighted by Gasteiger charge is 2.50. The van der Waals surface area contributed by atoms with E-state index in [9.17, 15) is 15.3 Å². The summed E-state index contributed by atoms with van der Waals surface area (Å²) >= 11 is 0. The molecule has 3 nitrogen and oxygen atoms in total. The third-order valence-corrected chi connectivity index (χ3v) is 8.65. The zero-order valence-electron chi connectivity index (χ0n) is 18.8. The Kier molecular flexibility index (Phi) is 6.44. The van der Waals surface area contributed by atoms with Gasteiger partial charge in [0.25, 0.3) is 0 Å². The summed E-state index contributed by atoms with van der Waals surface area (Å²) in [5.74, 6) is 2.28. The van der Waals surface area contributed by atoms with E-state index in [4.69, 9.17) is 0 Å². The van der Waals surface area contributed by atoms with Crippen molar-refractivity contribution >= 4 is 0 Å². The molecule has 0 radical (unpaired) electrons. The molecule has 0 heterocycles. The molecule has 166 valence electrons. The SMILES string of the molecule is C=C1/C(=C/C=C2\CCC[C@@]3(C)[C@@H]2CC[C@@H]3[C@@H](C)/C=C/[C@H](O)C2CC2)C[C@H](O)C[C@@H]1O. The molecule has 0 saturated heterocycles. The van der Waals surface area contributed by atoms with Gasteiger partial charge in [-0.05, 0) is 91.6 Å². The molecule has 0 amide bonds. The van der Waals surface area contributed by atoms with Crippen LogP contribution in [0, 0.1) is 29.1 Å². The molecular formula is C27H40O3. The lowest BCUT2D eigenvalue weighted by atomic mass is 9.61. The third kappa shape index (κ3) is 4.40. The fraction of sp³-hybridized carbons (Fsp3) is 0.704. The second kappa shape index (κ2) is 8.76. The van der Waals surface area contributed by atoms with Gasteiger partial charge in [0.15, 0.2) is 0 Å². The Morgan fingerprint density at radius 2 is 1.87 bits per heavy atom. The van der Waals surface area contributed by atoms with E-state index < -0.39 is 12.2 Å². The number of allylic oxidation sites excluding steroid dienone is 4. The molecule has 0 aromatic heterocycles. The largest absolute Gasteiger partial charge is 0.393 e.